The highest BCUT2D eigenvalue weighted by Crippen LogP contribution is 2.32. The summed E-state index contributed by atoms with van der Waals surface area (Å²) in [5, 5.41) is 11.6. The van der Waals surface area contributed by atoms with Gasteiger partial charge in [0.2, 0.25) is 5.91 Å². The predicted molar refractivity (Wildman–Crippen MR) is 71.0 cm³/mol. The second-order valence-electron chi connectivity index (χ2n) is 4.52. The fourth-order valence-corrected chi connectivity index (χ4v) is 1.70. The summed E-state index contributed by atoms with van der Waals surface area (Å²) < 4.78 is 0. The molecule has 1 amide bonds. The van der Waals surface area contributed by atoms with E-state index in [0.717, 1.165) is 11.3 Å². The van der Waals surface area contributed by atoms with E-state index in [1.165, 1.54) is 12.8 Å². The Morgan fingerprint density at radius 3 is 2.89 bits per heavy atom. The van der Waals surface area contributed by atoms with Crippen molar-refractivity contribution < 1.29 is 9.90 Å². The number of carbonyl (C=O) groups is 1. The van der Waals surface area contributed by atoms with Crippen molar-refractivity contribution in [3.8, 4) is 11.8 Å². The smallest absolute Gasteiger partial charge is 0.224 e. The van der Waals surface area contributed by atoms with Gasteiger partial charge >= 0.3 is 0 Å². The molecule has 1 aromatic carbocycles. The van der Waals surface area contributed by atoms with Crippen LogP contribution in [-0.4, -0.2) is 17.6 Å². The van der Waals surface area contributed by atoms with Crippen LogP contribution < -0.4 is 5.32 Å². The number of amides is 1. The molecule has 3 heteroatoms. The van der Waals surface area contributed by atoms with Crippen molar-refractivity contribution >= 4 is 11.6 Å². The summed E-state index contributed by atoms with van der Waals surface area (Å²) in [6, 6.07) is 7.49. The van der Waals surface area contributed by atoms with E-state index in [1.807, 2.05) is 24.3 Å². The van der Waals surface area contributed by atoms with Crippen LogP contribution in [0.25, 0.3) is 0 Å². The van der Waals surface area contributed by atoms with Gasteiger partial charge in [0.05, 0.1) is 12.3 Å². The molecule has 0 saturated heterocycles. The Hall–Kier alpha value is -1.79. The number of hydrogen-bond acceptors (Lipinski definition) is 2. The van der Waals surface area contributed by atoms with Crippen LogP contribution in [0.5, 0.6) is 0 Å². The number of benzene rings is 1. The average molecular weight is 243 g/mol. The van der Waals surface area contributed by atoms with Crippen LogP contribution in [0.2, 0.25) is 0 Å². The van der Waals surface area contributed by atoms with Crippen molar-refractivity contribution in [2.24, 2.45) is 5.92 Å². The molecule has 0 radical (unpaired) electrons. The zero-order valence-electron chi connectivity index (χ0n) is 10.3. The van der Waals surface area contributed by atoms with Gasteiger partial charge in [0, 0.05) is 18.4 Å². The van der Waals surface area contributed by atoms with E-state index < -0.39 is 0 Å². The van der Waals surface area contributed by atoms with Crippen molar-refractivity contribution in [2.45, 2.75) is 25.7 Å². The highest BCUT2D eigenvalue weighted by Gasteiger charge is 2.24. The lowest BCUT2D eigenvalue weighted by atomic mass is 10.1. The van der Waals surface area contributed by atoms with Crippen molar-refractivity contribution in [3.05, 3.63) is 29.8 Å². The molecule has 0 aromatic heterocycles. The molecule has 1 aromatic rings. The topological polar surface area (TPSA) is 49.3 Å². The third-order valence-electron chi connectivity index (χ3n) is 2.83. The van der Waals surface area contributed by atoms with Crippen LogP contribution in [0.15, 0.2) is 24.3 Å². The van der Waals surface area contributed by atoms with Crippen molar-refractivity contribution in [3.63, 3.8) is 0 Å². The number of anilines is 1. The number of carbonyl (C=O) groups excluding carboxylic acids is 1. The van der Waals surface area contributed by atoms with Crippen LogP contribution in [0.3, 0.4) is 0 Å². The first-order chi connectivity index (χ1) is 8.79. The van der Waals surface area contributed by atoms with Crippen LogP contribution in [0, 0.1) is 17.8 Å². The Morgan fingerprint density at radius 2 is 2.17 bits per heavy atom. The van der Waals surface area contributed by atoms with Crippen LogP contribution >= 0.6 is 0 Å². The quantitative estimate of drug-likeness (QED) is 0.796. The molecular weight excluding hydrogens is 226 g/mol. The lowest BCUT2D eigenvalue weighted by molar-refractivity contribution is -0.116. The molecule has 2 N–H and O–H groups in total. The van der Waals surface area contributed by atoms with E-state index in [1.54, 1.807) is 0 Å². The number of para-hydroxylation sites is 1. The van der Waals surface area contributed by atoms with Gasteiger partial charge < -0.3 is 10.4 Å². The fraction of sp³-hybridized carbons (Fsp3) is 0.400. The SMILES string of the molecule is O=C(CC1CC1)Nc1ccccc1C#CCCO. The molecule has 1 fully saturated rings. The summed E-state index contributed by atoms with van der Waals surface area (Å²) >= 11 is 0. The molecule has 0 spiro atoms. The summed E-state index contributed by atoms with van der Waals surface area (Å²) in [5.41, 5.74) is 1.56. The molecule has 0 heterocycles. The van der Waals surface area contributed by atoms with Gasteiger partial charge in [-0.15, -0.1) is 0 Å². The molecule has 3 nitrogen and oxygen atoms in total. The first-order valence-electron chi connectivity index (χ1n) is 6.28. The van der Waals surface area contributed by atoms with Crippen molar-refractivity contribution in [1.29, 1.82) is 0 Å². The molecule has 0 bridgehead atoms. The summed E-state index contributed by atoms with van der Waals surface area (Å²) in [7, 11) is 0. The Morgan fingerprint density at radius 1 is 1.39 bits per heavy atom. The number of nitrogens with one attached hydrogen (secondary N) is 1. The Balaban J connectivity index is 2.02. The second-order valence-corrected chi connectivity index (χ2v) is 4.52. The lowest BCUT2D eigenvalue weighted by Crippen LogP contribution is -2.12. The van der Waals surface area contributed by atoms with Crippen LogP contribution in [-0.2, 0) is 4.79 Å². The largest absolute Gasteiger partial charge is 0.395 e. The molecule has 1 aliphatic rings. The average Bonchev–Trinajstić information content (AvgIpc) is 3.15. The van der Waals surface area contributed by atoms with Gasteiger partial charge in [-0.05, 0) is 30.9 Å². The first kappa shape index (κ1) is 12.7. The van der Waals surface area contributed by atoms with Gasteiger partial charge in [0.15, 0.2) is 0 Å². The van der Waals surface area contributed by atoms with Gasteiger partial charge in [0.1, 0.15) is 0 Å². The van der Waals surface area contributed by atoms with E-state index in [9.17, 15) is 4.79 Å². The summed E-state index contributed by atoms with van der Waals surface area (Å²) in [6.07, 6.45) is 3.40. The molecule has 0 unspecified atom stereocenters. The molecule has 0 atom stereocenters. The maximum absolute atomic E-state index is 11.7. The standard InChI is InChI=1S/C15H17NO2/c17-10-4-3-6-13-5-1-2-7-14(13)16-15(18)11-12-8-9-12/h1-2,5,7,12,17H,4,8-11H2,(H,16,18). The monoisotopic (exact) mass is 243 g/mol. The fourth-order valence-electron chi connectivity index (χ4n) is 1.70. The van der Waals surface area contributed by atoms with E-state index in [-0.39, 0.29) is 12.5 Å². The van der Waals surface area contributed by atoms with Crippen LogP contribution in [0.1, 0.15) is 31.2 Å². The Kier molecular flexibility index (Phi) is 4.38. The van der Waals surface area contributed by atoms with Gasteiger partial charge in [-0.3, -0.25) is 4.79 Å². The van der Waals surface area contributed by atoms with Gasteiger partial charge in [-0.2, -0.15) is 0 Å². The minimum atomic E-state index is 0.0587. The summed E-state index contributed by atoms with van der Waals surface area (Å²) in [6.45, 7) is 0.0587. The number of rotatable bonds is 4. The zero-order chi connectivity index (χ0) is 12.8. The first-order valence-corrected chi connectivity index (χ1v) is 6.28. The Bertz CT molecular complexity index is 481. The maximum Gasteiger partial charge on any atom is 0.224 e. The summed E-state index contributed by atoms with van der Waals surface area (Å²) in [4.78, 5) is 11.7. The highest BCUT2D eigenvalue weighted by molar-refractivity contribution is 5.92. The molecule has 18 heavy (non-hydrogen) atoms. The predicted octanol–water partition coefficient (Wildman–Crippen LogP) is 2.16. The molecular formula is C15H17NO2. The maximum atomic E-state index is 11.7. The van der Waals surface area contributed by atoms with E-state index >= 15 is 0 Å². The normalized spacial score (nSPS) is 13.6. The minimum absolute atomic E-state index is 0.0587. The van der Waals surface area contributed by atoms with E-state index in [2.05, 4.69) is 17.2 Å². The van der Waals surface area contributed by atoms with E-state index in [4.69, 9.17) is 5.11 Å². The van der Waals surface area contributed by atoms with Crippen LogP contribution in [0.4, 0.5) is 5.69 Å². The van der Waals surface area contributed by atoms with E-state index in [0.29, 0.717) is 18.8 Å². The number of hydrogen-bond donors (Lipinski definition) is 2. The van der Waals surface area contributed by atoms with Gasteiger partial charge in [-0.25, -0.2) is 0 Å². The highest BCUT2D eigenvalue weighted by atomic mass is 16.2. The third kappa shape index (κ3) is 3.90. The molecule has 2 rings (SSSR count). The Labute approximate surface area is 107 Å². The number of aliphatic hydroxyl groups is 1. The summed E-state index contributed by atoms with van der Waals surface area (Å²) in [5.74, 6) is 6.48. The van der Waals surface area contributed by atoms with Gasteiger partial charge in [0.25, 0.3) is 0 Å². The molecule has 1 saturated carbocycles. The third-order valence-corrected chi connectivity index (χ3v) is 2.83. The van der Waals surface area contributed by atoms with Crippen molar-refractivity contribution in [1.82, 2.24) is 0 Å². The molecule has 0 aliphatic heterocycles. The zero-order valence-corrected chi connectivity index (χ0v) is 10.3. The van der Waals surface area contributed by atoms with Crippen molar-refractivity contribution in [2.75, 3.05) is 11.9 Å². The van der Waals surface area contributed by atoms with Gasteiger partial charge in [-0.1, -0.05) is 24.0 Å². The minimum Gasteiger partial charge on any atom is -0.395 e. The number of aliphatic hydroxyl groups excluding tert-OH is 1. The molecule has 1 aliphatic carbocycles. The molecule has 94 valence electrons. The second kappa shape index (κ2) is 6.23. The lowest BCUT2D eigenvalue weighted by Gasteiger charge is -2.06.